The van der Waals surface area contributed by atoms with Crippen molar-refractivity contribution in [2.75, 3.05) is 5.73 Å². The average molecular weight is 228 g/mol. The SMILES string of the molecule is CC1CC(CCc2ccc(N)cc2)=CC=C1N. The Bertz CT molecular complexity index is 440. The third-order valence-electron chi connectivity index (χ3n) is 3.36. The van der Waals surface area contributed by atoms with E-state index >= 15 is 0 Å². The number of anilines is 1. The van der Waals surface area contributed by atoms with Gasteiger partial charge in [-0.15, -0.1) is 0 Å². The molecule has 0 amide bonds. The topological polar surface area (TPSA) is 52.0 Å². The number of benzene rings is 1. The van der Waals surface area contributed by atoms with E-state index in [4.69, 9.17) is 11.5 Å². The van der Waals surface area contributed by atoms with Gasteiger partial charge in [-0.1, -0.05) is 30.7 Å². The van der Waals surface area contributed by atoms with Gasteiger partial charge in [0.2, 0.25) is 0 Å². The van der Waals surface area contributed by atoms with Crippen molar-refractivity contribution in [3.63, 3.8) is 0 Å². The van der Waals surface area contributed by atoms with Crippen molar-refractivity contribution in [1.82, 2.24) is 0 Å². The van der Waals surface area contributed by atoms with Crippen LogP contribution in [0.3, 0.4) is 0 Å². The van der Waals surface area contributed by atoms with Gasteiger partial charge in [0.05, 0.1) is 0 Å². The third-order valence-corrected chi connectivity index (χ3v) is 3.36. The standard InChI is InChI=1S/C15H20N2/c1-11-10-13(6-9-15(11)17)3-2-12-4-7-14(16)8-5-12/h4-9,11H,2-3,10,16-17H2,1H3. The first kappa shape index (κ1) is 11.8. The minimum Gasteiger partial charge on any atom is -0.402 e. The Kier molecular flexibility index (Phi) is 3.52. The summed E-state index contributed by atoms with van der Waals surface area (Å²) >= 11 is 0. The molecule has 0 fully saturated rings. The van der Waals surface area contributed by atoms with Crippen LogP contribution in [0.5, 0.6) is 0 Å². The zero-order valence-corrected chi connectivity index (χ0v) is 10.3. The fraction of sp³-hybridized carbons (Fsp3) is 0.333. The Morgan fingerprint density at radius 3 is 2.41 bits per heavy atom. The highest BCUT2D eigenvalue weighted by molar-refractivity contribution is 5.39. The van der Waals surface area contributed by atoms with Gasteiger partial charge in [0.25, 0.3) is 0 Å². The summed E-state index contributed by atoms with van der Waals surface area (Å²) in [5.41, 5.74) is 16.2. The fourth-order valence-corrected chi connectivity index (χ4v) is 2.13. The fourth-order valence-electron chi connectivity index (χ4n) is 2.13. The molecule has 1 aliphatic carbocycles. The Labute approximate surface area is 103 Å². The van der Waals surface area contributed by atoms with Crippen molar-refractivity contribution in [3.05, 3.63) is 53.3 Å². The molecule has 0 spiro atoms. The number of rotatable bonds is 3. The molecule has 2 nitrogen and oxygen atoms in total. The summed E-state index contributed by atoms with van der Waals surface area (Å²) in [5, 5.41) is 0. The Morgan fingerprint density at radius 2 is 1.76 bits per heavy atom. The summed E-state index contributed by atoms with van der Waals surface area (Å²) in [5.74, 6) is 0.487. The summed E-state index contributed by atoms with van der Waals surface area (Å²) in [4.78, 5) is 0. The maximum absolute atomic E-state index is 5.87. The molecule has 1 aliphatic rings. The molecule has 0 bridgehead atoms. The van der Waals surface area contributed by atoms with E-state index < -0.39 is 0 Å². The smallest absolute Gasteiger partial charge is 0.0314 e. The molecule has 1 unspecified atom stereocenters. The average Bonchev–Trinajstić information content (AvgIpc) is 2.33. The van der Waals surface area contributed by atoms with E-state index in [1.165, 1.54) is 11.1 Å². The van der Waals surface area contributed by atoms with Gasteiger partial charge in [-0.05, 0) is 49.0 Å². The molecule has 90 valence electrons. The minimum absolute atomic E-state index is 0.487. The van der Waals surface area contributed by atoms with E-state index in [0.29, 0.717) is 5.92 Å². The Balaban J connectivity index is 1.93. The van der Waals surface area contributed by atoms with E-state index in [-0.39, 0.29) is 0 Å². The van der Waals surface area contributed by atoms with E-state index in [1.54, 1.807) is 0 Å². The number of nitrogen functional groups attached to an aromatic ring is 1. The lowest BCUT2D eigenvalue weighted by atomic mass is 9.90. The van der Waals surface area contributed by atoms with Crippen molar-refractivity contribution < 1.29 is 0 Å². The molecule has 1 aromatic rings. The molecule has 1 atom stereocenters. The summed E-state index contributed by atoms with van der Waals surface area (Å²) < 4.78 is 0. The first-order valence-electron chi connectivity index (χ1n) is 6.14. The van der Waals surface area contributed by atoms with Crippen molar-refractivity contribution >= 4 is 5.69 Å². The highest BCUT2D eigenvalue weighted by Crippen LogP contribution is 2.25. The highest BCUT2D eigenvalue weighted by atomic mass is 14.6. The largest absolute Gasteiger partial charge is 0.402 e. The predicted octanol–water partition coefficient (Wildman–Crippen LogP) is 3.01. The monoisotopic (exact) mass is 228 g/mol. The molecule has 0 aromatic heterocycles. The van der Waals surface area contributed by atoms with Crippen LogP contribution < -0.4 is 11.5 Å². The van der Waals surface area contributed by atoms with Gasteiger partial charge >= 0.3 is 0 Å². The zero-order chi connectivity index (χ0) is 12.3. The molecule has 1 aromatic carbocycles. The van der Waals surface area contributed by atoms with Crippen LogP contribution in [0.2, 0.25) is 0 Å². The number of allylic oxidation sites excluding steroid dienone is 4. The third kappa shape index (κ3) is 3.13. The molecule has 0 heterocycles. The molecule has 4 N–H and O–H groups in total. The molecular weight excluding hydrogens is 208 g/mol. The first-order valence-corrected chi connectivity index (χ1v) is 6.14. The van der Waals surface area contributed by atoms with Crippen LogP contribution in [0.1, 0.15) is 25.3 Å². The van der Waals surface area contributed by atoms with Crippen LogP contribution in [-0.4, -0.2) is 0 Å². The van der Waals surface area contributed by atoms with E-state index in [2.05, 4.69) is 25.1 Å². The van der Waals surface area contributed by atoms with Crippen LogP contribution in [0.15, 0.2) is 47.7 Å². The van der Waals surface area contributed by atoms with Gasteiger partial charge in [-0.3, -0.25) is 0 Å². The second kappa shape index (κ2) is 5.09. The van der Waals surface area contributed by atoms with Crippen LogP contribution in [0, 0.1) is 5.92 Å². The van der Waals surface area contributed by atoms with Crippen molar-refractivity contribution in [2.45, 2.75) is 26.2 Å². The van der Waals surface area contributed by atoms with Crippen LogP contribution in [-0.2, 0) is 6.42 Å². The summed E-state index contributed by atoms with van der Waals surface area (Å²) in [6.45, 7) is 2.18. The molecule has 2 rings (SSSR count). The van der Waals surface area contributed by atoms with Gasteiger partial charge in [0, 0.05) is 11.4 Å². The minimum atomic E-state index is 0.487. The second-order valence-electron chi connectivity index (χ2n) is 4.84. The maximum Gasteiger partial charge on any atom is 0.0314 e. The van der Waals surface area contributed by atoms with Crippen LogP contribution in [0.25, 0.3) is 0 Å². The van der Waals surface area contributed by atoms with Gasteiger partial charge in [0.1, 0.15) is 0 Å². The summed E-state index contributed by atoms with van der Waals surface area (Å²) in [6, 6.07) is 8.13. The van der Waals surface area contributed by atoms with Crippen LogP contribution >= 0.6 is 0 Å². The lowest BCUT2D eigenvalue weighted by Crippen LogP contribution is -2.12. The second-order valence-corrected chi connectivity index (χ2v) is 4.84. The zero-order valence-electron chi connectivity index (χ0n) is 10.3. The number of aryl methyl sites for hydroxylation is 1. The number of hydrogen-bond donors (Lipinski definition) is 2. The molecule has 0 radical (unpaired) electrons. The molecule has 0 saturated heterocycles. The number of nitrogens with two attached hydrogens (primary N) is 2. The lowest BCUT2D eigenvalue weighted by molar-refractivity contribution is 0.633. The normalized spacial score (nSPS) is 19.7. The van der Waals surface area contributed by atoms with Crippen molar-refractivity contribution in [3.8, 4) is 0 Å². The predicted molar refractivity (Wildman–Crippen MR) is 73.3 cm³/mol. The van der Waals surface area contributed by atoms with Gasteiger partial charge in [-0.25, -0.2) is 0 Å². The Hall–Kier alpha value is -1.70. The molecule has 2 heteroatoms. The van der Waals surface area contributed by atoms with Gasteiger partial charge in [0.15, 0.2) is 0 Å². The van der Waals surface area contributed by atoms with Gasteiger partial charge < -0.3 is 11.5 Å². The molecule has 0 aliphatic heterocycles. The van der Waals surface area contributed by atoms with E-state index in [1.807, 2.05) is 18.2 Å². The number of hydrogen-bond acceptors (Lipinski definition) is 2. The quantitative estimate of drug-likeness (QED) is 0.781. The van der Waals surface area contributed by atoms with Crippen molar-refractivity contribution in [2.24, 2.45) is 11.7 Å². The van der Waals surface area contributed by atoms with E-state index in [9.17, 15) is 0 Å². The summed E-state index contributed by atoms with van der Waals surface area (Å²) in [7, 11) is 0. The maximum atomic E-state index is 5.87. The molecular formula is C15H20N2. The van der Waals surface area contributed by atoms with Crippen LogP contribution in [0.4, 0.5) is 5.69 Å². The summed E-state index contributed by atoms with van der Waals surface area (Å²) in [6.07, 6.45) is 7.50. The molecule has 0 saturated carbocycles. The highest BCUT2D eigenvalue weighted by Gasteiger charge is 2.12. The van der Waals surface area contributed by atoms with E-state index in [0.717, 1.165) is 30.6 Å². The van der Waals surface area contributed by atoms with Crippen molar-refractivity contribution in [1.29, 1.82) is 0 Å². The van der Waals surface area contributed by atoms with Gasteiger partial charge in [-0.2, -0.15) is 0 Å². The lowest BCUT2D eigenvalue weighted by Gasteiger charge is -2.18. The first-order chi connectivity index (χ1) is 8.15. The Morgan fingerprint density at radius 1 is 1.06 bits per heavy atom. The molecule has 17 heavy (non-hydrogen) atoms.